The predicted molar refractivity (Wildman–Crippen MR) is 91.3 cm³/mol. The molecule has 0 saturated carbocycles. The van der Waals surface area contributed by atoms with E-state index in [0.717, 1.165) is 0 Å². The largest absolute Gasteiger partial charge is 0.232 e. The van der Waals surface area contributed by atoms with Crippen LogP contribution in [0.25, 0.3) is 0 Å². The zero-order valence-corrected chi connectivity index (χ0v) is 13.4. The molecule has 0 aliphatic heterocycles. The molecule has 0 heterocycles. The van der Waals surface area contributed by atoms with E-state index in [0.29, 0.717) is 38.9 Å². The van der Waals surface area contributed by atoms with Crippen LogP contribution >= 0.6 is 48.9 Å². The molecule has 0 aromatic rings. The van der Waals surface area contributed by atoms with Gasteiger partial charge in [-0.2, -0.15) is 0 Å². The van der Waals surface area contributed by atoms with Gasteiger partial charge in [0.1, 0.15) is 0 Å². The minimum Gasteiger partial charge on any atom is -0.232 e. The van der Waals surface area contributed by atoms with Crippen LogP contribution < -0.4 is 0 Å². The van der Waals surface area contributed by atoms with Crippen LogP contribution in [0.2, 0.25) is 0 Å². The van der Waals surface area contributed by atoms with Crippen molar-refractivity contribution in [3.05, 3.63) is 0 Å². The lowest BCUT2D eigenvalue weighted by molar-refractivity contribution is 0.361. The van der Waals surface area contributed by atoms with Gasteiger partial charge in [0.25, 0.3) is 0 Å². The van der Waals surface area contributed by atoms with Crippen molar-refractivity contribution in [3.63, 3.8) is 0 Å². The van der Waals surface area contributed by atoms with E-state index < -0.39 is 5.54 Å². The van der Waals surface area contributed by atoms with Crippen LogP contribution in [0.4, 0.5) is 0 Å². The lowest BCUT2D eigenvalue weighted by Gasteiger charge is -2.26. The lowest BCUT2D eigenvalue weighted by Crippen LogP contribution is -2.30. The van der Waals surface area contributed by atoms with E-state index in [1.165, 1.54) is 0 Å². The zero-order valence-electron chi connectivity index (χ0n) is 10.2. The van der Waals surface area contributed by atoms with E-state index in [1.54, 1.807) is 0 Å². The predicted octanol–water partition coefficient (Wildman–Crippen LogP) is 3.31. The molecule has 19 heavy (non-hydrogen) atoms. The Morgan fingerprint density at radius 2 is 1.00 bits per heavy atom. The molecule has 0 unspecified atom stereocenters. The molecule has 0 fully saturated rings. The Hall–Kier alpha value is -0.800. The summed E-state index contributed by atoms with van der Waals surface area (Å²) in [4.78, 5) is 16.0. The van der Waals surface area contributed by atoms with Crippen LogP contribution in [0.3, 0.4) is 0 Å². The Morgan fingerprint density at radius 3 is 1.26 bits per heavy atom. The first kappa shape index (κ1) is 18.2. The molecule has 0 N–H and O–H groups in total. The van der Waals surface area contributed by atoms with Crippen molar-refractivity contribution in [1.82, 2.24) is 0 Å². The molecule has 8 heteroatoms. The number of aliphatic imine (C=N–C) groups is 4. The van der Waals surface area contributed by atoms with Crippen molar-refractivity contribution in [1.29, 1.82) is 0 Å². The fourth-order valence-electron chi connectivity index (χ4n) is 1.57. The van der Waals surface area contributed by atoms with Gasteiger partial charge in [-0.25, -0.2) is 20.0 Å². The normalized spacial score (nSPS) is 11.8. The van der Waals surface area contributed by atoms with Crippen molar-refractivity contribution in [3.8, 4) is 0 Å². The van der Waals surface area contributed by atoms with Gasteiger partial charge < -0.3 is 0 Å². The highest BCUT2D eigenvalue weighted by atomic mass is 32.1. The Labute approximate surface area is 133 Å². The lowest BCUT2D eigenvalue weighted by atomic mass is 9.88. The van der Waals surface area contributed by atoms with Gasteiger partial charge in [-0.1, -0.05) is 0 Å². The van der Waals surface area contributed by atoms with Crippen molar-refractivity contribution >= 4 is 69.5 Å². The van der Waals surface area contributed by atoms with Gasteiger partial charge in [-0.15, -0.1) is 0 Å². The molecule has 0 atom stereocenters. The van der Waals surface area contributed by atoms with Crippen molar-refractivity contribution in [2.24, 2.45) is 20.0 Å². The van der Waals surface area contributed by atoms with Crippen LogP contribution in [0.1, 0.15) is 19.3 Å². The molecule has 0 amide bonds. The SMILES string of the molecule is S=C=NCCC(CCN=C=S)(CCN=C=S)N=C=S. The van der Waals surface area contributed by atoms with Crippen LogP contribution in [0, 0.1) is 0 Å². The topological polar surface area (TPSA) is 49.4 Å². The second-order valence-electron chi connectivity index (χ2n) is 3.60. The van der Waals surface area contributed by atoms with Crippen LogP contribution in [-0.2, 0) is 0 Å². The van der Waals surface area contributed by atoms with E-state index in [9.17, 15) is 0 Å². The molecule has 0 aliphatic carbocycles. The van der Waals surface area contributed by atoms with E-state index in [4.69, 9.17) is 12.2 Å². The molecule has 0 aromatic heterocycles. The van der Waals surface area contributed by atoms with Crippen LogP contribution in [-0.4, -0.2) is 45.8 Å². The molecular formula is C11H12N4S4. The number of isothiocyanates is 4. The molecule has 0 bridgehead atoms. The maximum absolute atomic E-state index is 4.72. The highest BCUT2D eigenvalue weighted by Gasteiger charge is 2.28. The zero-order chi connectivity index (χ0) is 14.4. The summed E-state index contributed by atoms with van der Waals surface area (Å²) in [7, 11) is 0. The van der Waals surface area contributed by atoms with Crippen LogP contribution in [0.15, 0.2) is 20.0 Å². The van der Waals surface area contributed by atoms with E-state index in [1.807, 2.05) is 0 Å². The molecule has 0 rings (SSSR count). The average molecular weight is 329 g/mol. The third kappa shape index (κ3) is 8.84. The summed E-state index contributed by atoms with van der Waals surface area (Å²) >= 11 is 18.4. The van der Waals surface area contributed by atoms with Gasteiger partial charge in [0, 0.05) is 0 Å². The summed E-state index contributed by atoms with van der Waals surface area (Å²) in [6, 6.07) is 0. The minimum absolute atomic E-state index is 0.428. The Morgan fingerprint density at radius 1 is 0.632 bits per heavy atom. The first-order valence-corrected chi connectivity index (χ1v) is 7.08. The van der Waals surface area contributed by atoms with E-state index in [-0.39, 0.29) is 0 Å². The number of thiocarbonyl (C=S) groups is 4. The highest BCUT2D eigenvalue weighted by Crippen LogP contribution is 2.25. The molecule has 100 valence electrons. The Bertz CT molecular complexity index is 410. The Kier molecular flexibility index (Phi) is 11.7. The number of hydrogen-bond donors (Lipinski definition) is 0. The first-order chi connectivity index (χ1) is 9.24. The van der Waals surface area contributed by atoms with Gasteiger partial charge >= 0.3 is 0 Å². The molecule has 0 radical (unpaired) electrons. The third-order valence-corrected chi connectivity index (χ3v) is 3.02. The Balaban J connectivity index is 4.93. The molecule has 0 spiro atoms. The second-order valence-corrected chi connectivity index (χ2v) is 4.33. The monoisotopic (exact) mass is 328 g/mol. The molecular weight excluding hydrogens is 316 g/mol. The quantitative estimate of drug-likeness (QED) is 0.456. The summed E-state index contributed by atoms with van der Waals surface area (Å²) in [5, 5.41) is 9.43. The molecule has 0 aromatic carbocycles. The van der Waals surface area contributed by atoms with Crippen molar-refractivity contribution in [2.45, 2.75) is 24.8 Å². The summed E-state index contributed by atoms with van der Waals surface area (Å²) in [6.45, 7) is 1.56. The minimum atomic E-state index is -0.428. The van der Waals surface area contributed by atoms with Crippen LogP contribution in [0.5, 0.6) is 0 Å². The number of hydrogen-bond acceptors (Lipinski definition) is 8. The smallest absolute Gasteiger partial charge is 0.0764 e. The fraction of sp³-hybridized carbons (Fsp3) is 0.636. The first-order valence-electron chi connectivity index (χ1n) is 5.44. The maximum Gasteiger partial charge on any atom is 0.0764 e. The maximum atomic E-state index is 4.72. The van der Waals surface area contributed by atoms with Gasteiger partial charge in [-0.05, 0) is 68.1 Å². The van der Waals surface area contributed by atoms with Gasteiger partial charge in [0.05, 0.1) is 45.8 Å². The third-order valence-electron chi connectivity index (χ3n) is 2.54. The van der Waals surface area contributed by atoms with Gasteiger partial charge in [0.2, 0.25) is 0 Å². The summed E-state index contributed by atoms with van der Waals surface area (Å²) in [5.41, 5.74) is -0.428. The van der Waals surface area contributed by atoms with E-state index in [2.05, 4.69) is 77.3 Å². The average Bonchev–Trinajstić information content (AvgIpc) is 2.40. The molecule has 0 saturated heterocycles. The van der Waals surface area contributed by atoms with Gasteiger partial charge in [0.15, 0.2) is 0 Å². The fourth-order valence-corrected chi connectivity index (χ4v) is 2.04. The van der Waals surface area contributed by atoms with Gasteiger partial charge in [-0.3, -0.25) is 0 Å². The van der Waals surface area contributed by atoms with Crippen molar-refractivity contribution in [2.75, 3.05) is 19.6 Å². The number of nitrogens with zero attached hydrogens (tertiary/aromatic N) is 4. The highest BCUT2D eigenvalue weighted by molar-refractivity contribution is 7.78. The summed E-state index contributed by atoms with van der Waals surface area (Å²) in [5.74, 6) is 0. The van der Waals surface area contributed by atoms with Crippen molar-refractivity contribution < 1.29 is 0 Å². The molecule has 4 nitrogen and oxygen atoms in total. The second kappa shape index (κ2) is 12.2. The standard InChI is InChI=1S/C11H12N4S4/c16-7-12-4-1-11(15-10-19,2-5-13-8-17)3-6-14-9-18/h1-6H2. The summed E-state index contributed by atoms with van der Waals surface area (Å²) in [6.07, 6.45) is 2.00. The molecule has 0 aliphatic rings. The number of rotatable bonds is 10. The van der Waals surface area contributed by atoms with E-state index >= 15 is 0 Å². The summed E-state index contributed by atoms with van der Waals surface area (Å²) < 4.78 is 0.